The molecule has 0 amide bonds. The molecule has 1 aliphatic carbocycles. The van der Waals surface area contributed by atoms with Crippen molar-refractivity contribution in [2.75, 3.05) is 0 Å². The number of hydrogen-bond donors (Lipinski definition) is 0. The summed E-state index contributed by atoms with van der Waals surface area (Å²) < 4.78 is 10.8. The second-order valence-electron chi connectivity index (χ2n) is 2.86. The third-order valence-electron chi connectivity index (χ3n) is 2.09. The van der Waals surface area contributed by atoms with Gasteiger partial charge in [-0.2, -0.15) is 0 Å². The van der Waals surface area contributed by atoms with Gasteiger partial charge in [-0.05, 0) is 13.3 Å². The van der Waals surface area contributed by atoms with Gasteiger partial charge >= 0.3 is 0 Å². The van der Waals surface area contributed by atoms with Crippen molar-refractivity contribution in [3.05, 3.63) is 11.6 Å². The molecular weight excluding hydrogens is 144 g/mol. The van der Waals surface area contributed by atoms with Crippen LogP contribution in [0.3, 0.4) is 0 Å². The molecule has 11 heavy (non-hydrogen) atoms. The molecule has 60 valence electrons. The minimum Gasteiger partial charge on any atom is -0.346 e. The zero-order valence-electron chi connectivity index (χ0n) is 6.32. The van der Waals surface area contributed by atoms with E-state index < -0.39 is 0 Å². The Morgan fingerprint density at radius 1 is 1.64 bits per heavy atom. The van der Waals surface area contributed by atoms with Gasteiger partial charge in [0, 0.05) is 5.57 Å². The van der Waals surface area contributed by atoms with Crippen LogP contribution >= 0.6 is 0 Å². The fourth-order valence-electron chi connectivity index (χ4n) is 1.60. The van der Waals surface area contributed by atoms with Crippen molar-refractivity contribution in [2.45, 2.75) is 31.8 Å². The van der Waals surface area contributed by atoms with Gasteiger partial charge < -0.3 is 9.47 Å². The number of rotatable bonds is 1. The Morgan fingerprint density at radius 3 is 3.18 bits per heavy atom. The van der Waals surface area contributed by atoms with Crippen LogP contribution in [-0.4, -0.2) is 24.8 Å². The smallest absolute Gasteiger partial charge is 0.156 e. The van der Waals surface area contributed by atoms with Gasteiger partial charge in [0.1, 0.15) is 12.4 Å². The predicted molar refractivity (Wildman–Crippen MR) is 38.0 cm³/mol. The minimum absolute atomic E-state index is 0.0881. The van der Waals surface area contributed by atoms with E-state index in [0.29, 0.717) is 0 Å². The molecule has 1 fully saturated rings. The third kappa shape index (κ3) is 1.01. The molecule has 1 aliphatic heterocycles. The maximum absolute atomic E-state index is 10.5. The molecule has 0 bridgehead atoms. The number of ether oxygens (including phenoxy) is 2. The molecule has 0 aromatic heterocycles. The van der Waals surface area contributed by atoms with Gasteiger partial charge in [0.25, 0.3) is 0 Å². The average Bonchev–Trinajstić information content (AvgIpc) is 2.45. The normalized spacial score (nSPS) is 41.9. The summed E-state index contributed by atoms with van der Waals surface area (Å²) in [6.07, 6.45) is 3.38. The van der Waals surface area contributed by atoms with E-state index in [0.717, 1.165) is 18.3 Å². The molecule has 3 nitrogen and oxygen atoms in total. The first-order valence-electron chi connectivity index (χ1n) is 3.77. The Kier molecular flexibility index (Phi) is 1.55. The highest BCUT2D eigenvalue weighted by Crippen LogP contribution is 2.31. The maximum Gasteiger partial charge on any atom is 0.156 e. The molecule has 3 unspecified atom stereocenters. The molecule has 2 aliphatic rings. The quantitative estimate of drug-likeness (QED) is 0.520. The summed E-state index contributed by atoms with van der Waals surface area (Å²) in [5, 5.41) is 0. The summed E-state index contributed by atoms with van der Waals surface area (Å²) >= 11 is 0. The standard InChI is InChI=1S/C8H10O3/c1-5-10-7-3-2-6(4-9)8(7)11-5/h2,4-5,7-8H,3H2,1H3. The lowest BCUT2D eigenvalue weighted by atomic mass is 10.2. The van der Waals surface area contributed by atoms with Crippen molar-refractivity contribution in [2.24, 2.45) is 0 Å². The first-order chi connectivity index (χ1) is 5.31. The topological polar surface area (TPSA) is 35.5 Å². The van der Waals surface area contributed by atoms with Gasteiger partial charge in [-0.1, -0.05) is 6.08 Å². The molecule has 0 radical (unpaired) electrons. The fraction of sp³-hybridized carbons (Fsp3) is 0.625. The van der Waals surface area contributed by atoms with Gasteiger partial charge in [-0.25, -0.2) is 0 Å². The number of carbonyl (C=O) groups is 1. The monoisotopic (exact) mass is 154 g/mol. The third-order valence-corrected chi connectivity index (χ3v) is 2.09. The van der Waals surface area contributed by atoms with E-state index in [1.165, 1.54) is 0 Å². The Hall–Kier alpha value is -0.670. The number of fused-ring (bicyclic) bond motifs is 1. The van der Waals surface area contributed by atoms with Crippen LogP contribution < -0.4 is 0 Å². The van der Waals surface area contributed by atoms with Crippen molar-refractivity contribution in [3.8, 4) is 0 Å². The minimum atomic E-state index is -0.159. The van der Waals surface area contributed by atoms with Crippen LogP contribution in [0.4, 0.5) is 0 Å². The van der Waals surface area contributed by atoms with Crippen LogP contribution in [0.2, 0.25) is 0 Å². The van der Waals surface area contributed by atoms with E-state index in [-0.39, 0.29) is 18.5 Å². The summed E-state index contributed by atoms with van der Waals surface area (Å²) in [4.78, 5) is 10.5. The van der Waals surface area contributed by atoms with E-state index in [1.54, 1.807) is 0 Å². The molecule has 0 N–H and O–H groups in total. The van der Waals surface area contributed by atoms with Crippen LogP contribution in [0, 0.1) is 0 Å². The lowest BCUT2D eigenvalue weighted by Crippen LogP contribution is -2.18. The Labute approximate surface area is 65.0 Å². The summed E-state index contributed by atoms with van der Waals surface area (Å²) in [7, 11) is 0. The van der Waals surface area contributed by atoms with Crippen molar-refractivity contribution in [3.63, 3.8) is 0 Å². The van der Waals surface area contributed by atoms with E-state index in [2.05, 4.69) is 0 Å². The molecule has 1 heterocycles. The second kappa shape index (κ2) is 2.43. The summed E-state index contributed by atoms with van der Waals surface area (Å²) in [5.74, 6) is 0. The molecule has 0 saturated carbocycles. The fourth-order valence-corrected chi connectivity index (χ4v) is 1.60. The van der Waals surface area contributed by atoms with Crippen LogP contribution in [0.25, 0.3) is 0 Å². The Balaban J connectivity index is 2.14. The van der Waals surface area contributed by atoms with Crippen molar-refractivity contribution in [1.82, 2.24) is 0 Å². The van der Waals surface area contributed by atoms with Gasteiger partial charge in [0.2, 0.25) is 0 Å². The molecule has 0 aromatic carbocycles. The van der Waals surface area contributed by atoms with E-state index >= 15 is 0 Å². The summed E-state index contributed by atoms with van der Waals surface area (Å²) in [5.41, 5.74) is 0.736. The first-order valence-corrected chi connectivity index (χ1v) is 3.77. The average molecular weight is 154 g/mol. The lowest BCUT2D eigenvalue weighted by molar-refractivity contribution is -0.106. The van der Waals surface area contributed by atoms with Gasteiger partial charge in [-0.3, -0.25) is 4.79 Å². The van der Waals surface area contributed by atoms with Gasteiger partial charge in [0.15, 0.2) is 6.29 Å². The lowest BCUT2D eigenvalue weighted by Gasteiger charge is -2.05. The molecule has 1 saturated heterocycles. The summed E-state index contributed by atoms with van der Waals surface area (Å²) in [6, 6.07) is 0. The van der Waals surface area contributed by atoms with Gasteiger partial charge in [-0.15, -0.1) is 0 Å². The molecule has 3 heteroatoms. The van der Waals surface area contributed by atoms with Crippen LogP contribution in [0.15, 0.2) is 11.6 Å². The first kappa shape index (κ1) is 7.00. The number of hydrogen-bond acceptors (Lipinski definition) is 3. The van der Waals surface area contributed by atoms with E-state index in [1.807, 2.05) is 13.0 Å². The number of aldehydes is 1. The SMILES string of the molecule is CC1OC2CC=C(C=O)C2O1. The highest BCUT2D eigenvalue weighted by Gasteiger charge is 2.39. The molecule has 0 spiro atoms. The maximum atomic E-state index is 10.5. The van der Waals surface area contributed by atoms with Crippen molar-refractivity contribution < 1.29 is 14.3 Å². The largest absolute Gasteiger partial charge is 0.346 e. The van der Waals surface area contributed by atoms with Crippen LogP contribution in [0.1, 0.15) is 13.3 Å². The molecule has 3 atom stereocenters. The zero-order chi connectivity index (χ0) is 7.84. The molecular formula is C8H10O3. The van der Waals surface area contributed by atoms with E-state index in [4.69, 9.17) is 9.47 Å². The predicted octanol–water partition coefficient (Wildman–Crippen LogP) is 0.645. The van der Waals surface area contributed by atoms with Crippen molar-refractivity contribution in [1.29, 1.82) is 0 Å². The highest BCUT2D eigenvalue weighted by atomic mass is 16.7. The Morgan fingerprint density at radius 2 is 2.45 bits per heavy atom. The highest BCUT2D eigenvalue weighted by molar-refractivity contribution is 5.76. The molecule has 2 rings (SSSR count). The van der Waals surface area contributed by atoms with E-state index in [9.17, 15) is 4.79 Å². The zero-order valence-corrected chi connectivity index (χ0v) is 6.32. The van der Waals surface area contributed by atoms with Gasteiger partial charge in [0.05, 0.1) is 6.10 Å². The summed E-state index contributed by atoms with van der Waals surface area (Å²) in [6.45, 7) is 1.85. The van der Waals surface area contributed by atoms with Crippen LogP contribution in [0.5, 0.6) is 0 Å². The Bertz CT molecular complexity index is 209. The number of carbonyl (C=O) groups excluding carboxylic acids is 1. The molecule has 0 aromatic rings. The second-order valence-corrected chi connectivity index (χ2v) is 2.86. The van der Waals surface area contributed by atoms with Crippen molar-refractivity contribution >= 4 is 6.29 Å². The van der Waals surface area contributed by atoms with Crippen LogP contribution in [-0.2, 0) is 14.3 Å².